The Hall–Kier alpha value is -3.71. The van der Waals surface area contributed by atoms with Crippen LogP contribution in [0.15, 0.2) is 24.3 Å². The fraction of sp³-hybridized carbons (Fsp3) is 0.621. The predicted octanol–water partition coefficient (Wildman–Crippen LogP) is 1.42. The number of carbonyl (C=O) groups is 5. The molecular formula is C29H41N3O10. The summed E-state index contributed by atoms with van der Waals surface area (Å²) in [6.45, 7) is 4.89. The number of benzene rings is 1. The van der Waals surface area contributed by atoms with Gasteiger partial charge in [-0.05, 0) is 43.4 Å². The molecule has 4 N–H and O–H groups in total. The first-order valence-electron chi connectivity index (χ1n) is 14.4. The summed E-state index contributed by atoms with van der Waals surface area (Å²) in [4.78, 5) is 61.4. The lowest BCUT2D eigenvalue weighted by molar-refractivity contribution is -0.170. The van der Waals surface area contributed by atoms with Crippen LogP contribution >= 0.6 is 0 Å². The number of nitrogens with zero attached hydrogens (tertiary/aromatic N) is 3. The molecular weight excluding hydrogens is 550 g/mol. The average molecular weight is 592 g/mol. The van der Waals surface area contributed by atoms with Crippen molar-refractivity contribution in [3.05, 3.63) is 29.8 Å². The van der Waals surface area contributed by atoms with E-state index in [2.05, 4.69) is 9.80 Å². The monoisotopic (exact) mass is 591 g/mol. The summed E-state index contributed by atoms with van der Waals surface area (Å²) in [6, 6.07) is 8.39. The predicted molar refractivity (Wildman–Crippen MR) is 149 cm³/mol. The molecule has 1 aromatic rings. The zero-order valence-corrected chi connectivity index (χ0v) is 23.8. The van der Waals surface area contributed by atoms with Crippen LogP contribution in [-0.4, -0.2) is 116 Å². The fourth-order valence-electron chi connectivity index (χ4n) is 5.52. The van der Waals surface area contributed by atoms with E-state index in [0.717, 1.165) is 51.3 Å². The minimum atomic E-state index is -2.74. The summed E-state index contributed by atoms with van der Waals surface area (Å²) < 4.78 is 5.66. The Morgan fingerprint density at radius 1 is 0.833 bits per heavy atom. The summed E-state index contributed by atoms with van der Waals surface area (Å²) in [5, 5.41) is 33.8. The van der Waals surface area contributed by atoms with Crippen molar-refractivity contribution in [2.24, 2.45) is 0 Å². The molecule has 3 aliphatic rings. The van der Waals surface area contributed by atoms with Crippen LogP contribution in [0.1, 0.15) is 63.4 Å². The number of ether oxygens (including phenoxy) is 1. The van der Waals surface area contributed by atoms with Crippen LogP contribution in [0.25, 0.3) is 0 Å². The second-order valence-electron chi connectivity index (χ2n) is 11.1. The van der Waals surface area contributed by atoms with Gasteiger partial charge >= 0.3 is 17.9 Å². The highest BCUT2D eigenvalue weighted by molar-refractivity contribution is 5.88. The average Bonchev–Trinajstić information content (AvgIpc) is 3.48. The number of carboxylic acids is 3. The third-order valence-corrected chi connectivity index (χ3v) is 7.79. The van der Waals surface area contributed by atoms with Gasteiger partial charge in [0.15, 0.2) is 12.2 Å². The van der Waals surface area contributed by atoms with Crippen molar-refractivity contribution in [3.63, 3.8) is 0 Å². The van der Waals surface area contributed by atoms with E-state index in [4.69, 9.17) is 25.2 Å². The maximum atomic E-state index is 12.6. The molecule has 0 radical (unpaired) electrons. The summed E-state index contributed by atoms with van der Waals surface area (Å²) in [5.74, 6) is -3.95. The number of hydrogen-bond acceptors (Lipinski definition) is 8. The second kappa shape index (κ2) is 15.5. The van der Waals surface area contributed by atoms with Crippen LogP contribution in [0.3, 0.4) is 0 Å². The molecule has 13 heteroatoms. The first-order chi connectivity index (χ1) is 20.0. The largest absolute Gasteiger partial charge is 0.484 e. The lowest BCUT2D eigenvalue weighted by Crippen LogP contribution is -2.54. The topological polar surface area (TPSA) is 185 Å². The van der Waals surface area contributed by atoms with E-state index in [1.54, 1.807) is 0 Å². The molecule has 0 bridgehead atoms. The number of hydrogen-bond donors (Lipinski definition) is 4. The molecule has 3 fully saturated rings. The standard InChI is InChI=1S/C23H33N3O3.C6H8O7/c27-22-17-24(14-15-26(22)20-6-2-1-3-7-20)16-19-8-10-21(11-9-19)29-18-23(28)25-12-4-5-13-25;7-3(8)1-6(13,5(11)12)2-4(9)10/h8-11,20H,1-7,12-18H2;13H,1-2H2,(H,7,8)(H,9,10)(H,11,12). The van der Waals surface area contributed by atoms with E-state index in [-0.39, 0.29) is 18.4 Å². The Morgan fingerprint density at radius 2 is 1.43 bits per heavy atom. The van der Waals surface area contributed by atoms with Gasteiger partial charge in [-0.3, -0.25) is 24.1 Å². The molecule has 42 heavy (non-hydrogen) atoms. The molecule has 2 aliphatic heterocycles. The number of likely N-dealkylation sites (tertiary alicyclic amines) is 1. The number of aliphatic carboxylic acids is 3. The van der Waals surface area contributed by atoms with Gasteiger partial charge < -0.3 is 35.0 Å². The van der Waals surface area contributed by atoms with Gasteiger partial charge in [-0.15, -0.1) is 0 Å². The molecule has 0 aromatic heterocycles. The van der Waals surface area contributed by atoms with Crippen molar-refractivity contribution < 1.29 is 49.1 Å². The molecule has 1 aliphatic carbocycles. The normalized spacial score (nSPS) is 18.3. The van der Waals surface area contributed by atoms with Crippen molar-refractivity contribution in [3.8, 4) is 5.75 Å². The Kier molecular flexibility index (Phi) is 12.1. The van der Waals surface area contributed by atoms with Gasteiger partial charge in [-0.25, -0.2) is 4.79 Å². The lowest BCUT2D eigenvalue weighted by Gasteiger charge is -2.40. The van der Waals surface area contributed by atoms with Gasteiger partial charge in [0.2, 0.25) is 5.91 Å². The highest BCUT2D eigenvalue weighted by atomic mass is 16.5. The minimum Gasteiger partial charge on any atom is -0.484 e. The quantitative estimate of drug-likeness (QED) is 0.292. The van der Waals surface area contributed by atoms with Crippen LogP contribution in [0.5, 0.6) is 5.75 Å². The van der Waals surface area contributed by atoms with E-state index < -0.39 is 36.4 Å². The molecule has 2 amide bonds. The summed E-state index contributed by atoms with van der Waals surface area (Å²) in [7, 11) is 0. The van der Waals surface area contributed by atoms with Crippen LogP contribution in [0.2, 0.25) is 0 Å². The number of aliphatic hydroxyl groups is 1. The number of amides is 2. The number of carboxylic acid groups (broad SMARTS) is 3. The molecule has 0 spiro atoms. The molecule has 1 saturated carbocycles. The number of rotatable bonds is 11. The summed E-state index contributed by atoms with van der Waals surface area (Å²) in [5.41, 5.74) is -1.57. The molecule has 4 rings (SSSR count). The van der Waals surface area contributed by atoms with Gasteiger partial charge in [-0.2, -0.15) is 0 Å². The first kappa shape index (κ1) is 32.8. The van der Waals surface area contributed by atoms with E-state index in [1.807, 2.05) is 29.2 Å². The maximum absolute atomic E-state index is 12.6. The van der Waals surface area contributed by atoms with Crippen LogP contribution in [0, 0.1) is 0 Å². The third-order valence-electron chi connectivity index (χ3n) is 7.79. The molecule has 0 atom stereocenters. The first-order valence-corrected chi connectivity index (χ1v) is 14.4. The molecule has 13 nitrogen and oxygen atoms in total. The van der Waals surface area contributed by atoms with Gasteiger partial charge in [-0.1, -0.05) is 31.4 Å². The van der Waals surface area contributed by atoms with Gasteiger partial charge in [0.1, 0.15) is 5.75 Å². The zero-order valence-electron chi connectivity index (χ0n) is 23.8. The van der Waals surface area contributed by atoms with E-state index in [0.29, 0.717) is 12.6 Å². The van der Waals surface area contributed by atoms with Gasteiger partial charge in [0, 0.05) is 38.8 Å². The summed E-state index contributed by atoms with van der Waals surface area (Å²) in [6.07, 6.45) is 6.09. The van der Waals surface area contributed by atoms with Gasteiger partial charge in [0.25, 0.3) is 5.91 Å². The Balaban J connectivity index is 0.000000316. The number of piperazine rings is 1. The van der Waals surface area contributed by atoms with Crippen molar-refractivity contribution in [1.29, 1.82) is 0 Å². The van der Waals surface area contributed by atoms with E-state index in [9.17, 15) is 24.0 Å². The number of carbonyl (C=O) groups excluding carboxylic acids is 2. The van der Waals surface area contributed by atoms with Crippen LogP contribution in [0.4, 0.5) is 0 Å². The summed E-state index contributed by atoms with van der Waals surface area (Å²) >= 11 is 0. The Bertz CT molecular complexity index is 1080. The smallest absolute Gasteiger partial charge is 0.336 e. The Labute approximate surface area is 244 Å². The zero-order chi connectivity index (χ0) is 30.7. The molecule has 1 aromatic carbocycles. The van der Waals surface area contributed by atoms with Crippen molar-refractivity contribution in [2.75, 3.05) is 39.3 Å². The van der Waals surface area contributed by atoms with Crippen molar-refractivity contribution >= 4 is 29.7 Å². The maximum Gasteiger partial charge on any atom is 0.336 e. The molecule has 0 unspecified atom stereocenters. The second-order valence-corrected chi connectivity index (χ2v) is 11.1. The highest BCUT2D eigenvalue weighted by Gasteiger charge is 2.40. The van der Waals surface area contributed by atoms with Crippen LogP contribution < -0.4 is 4.74 Å². The lowest BCUT2D eigenvalue weighted by atomic mass is 9.93. The highest BCUT2D eigenvalue weighted by Crippen LogP contribution is 2.24. The molecule has 2 saturated heterocycles. The third kappa shape index (κ3) is 9.98. The minimum absolute atomic E-state index is 0.0703. The SMILES string of the molecule is O=C(COc1ccc(CN2CCN(C3CCCCC3)C(=O)C2)cc1)N1CCCC1.O=C(O)CC(O)(CC(=O)O)C(=O)O. The fourth-order valence-corrected chi connectivity index (χ4v) is 5.52. The molecule has 232 valence electrons. The Morgan fingerprint density at radius 3 is 1.95 bits per heavy atom. The van der Waals surface area contributed by atoms with Crippen molar-refractivity contribution in [1.82, 2.24) is 14.7 Å². The van der Waals surface area contributed by atoms with E-state index in [1.165, 1.54) is 37.7 Å². The van der Waals surface area contributed by atoms with E-state index >= 15 is 0 Å². The molecule has 2 heterocycles. The van der Waals surface area contributed by atoms with Crippen LogP contribution in [-0.2, 0) is 30.5 Å². The van der Waals surface area contributed by atoms with Crippen molar-refractivity contribution in [2.45, 2.75) is 76.0 Å². The van der Waals surface area contributed by atoms with Gasteiger partial charge in [0.05, 0.1) is 19.4 Å².